The van der Waals surface area contributed by atoms with Crippen molar-refractivity contribution in [3.8, 4) is 0 Å². The van der Waals surface area contributed by atoms with E-state index in [9.17, 15) is 13.2 Å². The summed E-state index contributed by atoms with van der Waals surface area (Å²) in [5, 5.41) is 3.26. The number of hydrogen-bond acceptors (Lipinski definition) is 4. The predicted molar refractivity (Wildman–Crippen MR) is 90.2 cm³/mol. The van der Waals surface area contributed by atoms with E-state index in [0.29, 0.717) is 17.1 Å². The Labute approximate surface area is 143 Å². The van der Waals surface area contributed by atoms with Gasteiger partial charge in [0.2, 0.25) is 5.91 Å². The lowest BCUT2D eigenvalue weighted by Gasteiger charge is -2.33. The van der Waals surface area contributed by atoms with Crippen LogP contribution in [0.15, 0.2) is 40.6 Å². The normalized spacial score (nSPS) is 19.6. The highest BCUT2D eigenvalue weighted by atomic mass is 35.5. The summed E-state index contributed by atoms with van der Waals surface area (Å²) in [7, 11) is -3.72. The Morgan fingerprint density at radius 3 is 2.52 bits per heavy atom. The van der Waals surface area contributed by atoms with Crippen LogP contribution < -0.4 is 5.32 Å². The molecule has 1 fully saturated rings. The zero-order valence-electron chi connectivity index (χ0n) is 12.3. The lowest BCUT2D eigenvalue weighted by Crippen LogP contribution is -2.51. The molecule has 1 aliphatic heterocycles. The number of hydrogen-bond donors (Lipinski definition) is 1. The average molecular weight is 371 g/mol. The number of thiophene rings is 1. The smallest absolute Gasteiger partial charge is 0.253 e. The van der Waals surface area contributed by atoms with Crippen LogP contribution in [0.5, 0.6) is 0 Å². The van der Waals surface area contributed by atoms with Crippen molar-refractivity contribution in [1.29, 1.82) is 0 Å². The Kier molecular flexibility index (Phi) is 4.46. The molecule has 1 aromatic heterocycles. The molecule has 122 valence electrons. The minimum absolute atomic E-state index is 0.234. The number of carbonyl (C=O) groups is 1. The molecule has 1 saturated heterocycles. The van der Waals surface area contributed by atoms with Gasteiger partial charge >= 0.3 is 0 Å². The van der Waals surface area contributed by atoms with E-state index in [1.54, 1.807) is 36.4 Å². The summed E-state index contributed by atoms with van der Waals surface area (Å²) in [4.78, 5) is 13.2. The van der Waals surface area contributed by atoms with Gasteiger partial charge in [-0.15, -0.1) is 11.3 Å². The zero-order chi connectivity index (χ0) is 16.6. The van der Waals surface area contributed by atoms with Gasteiger partial charge in [-0.3, -0.25) is 4.79 Å². The summed E-state index contributed by atoms with van der Waals surface area (Å²) in [6, 6.07) is 9.13. The summed E-state index contributed by atoms with van der Waals surface area (Å²) in [5.74, 6) is -0.324. The minimum Gasteiger partial charge on any atom is -0.353 e. The largest absolute Gasteiger partial charge is 0.353 e. The number of piperazine rings is 1. The van der Waals surface area contributed by atoms with E-state index in [4.69, 9.17) is 11.6 Å². The van der Waals surface area contributed by atoms with Crippen molar-refractivity contribution in [2.24, 2.45) is 0 Å². The van der Waals surface area contributed by atoms with Crippen molar-refractivity contribution in [2.75, 3.05) is 13.1 Å². The van der Waals surface area contributed by atoms with E-state index in [0.717, 1.165) is 4.88 Å². The van der Waals surface area contributed by atoms with Gasteiger partial charge in [-0.25, -0.2) is 8.42 Å². The Morgan fingerprint density at radius 1 is 1.22 bits per heavy atom. The van der Waals surface area contributed by atoms with E-state index >= 15 is 0 Å². The van der Waals surface area contributed by atoms with E-state index < -0.39 is 16.1 Å². The molecular weight excluding hydrogens is 356 g/mol. The lowest BCUT2D eigenvalue weighted by atomic mass is 10.1. The van der Waals surface area contributed by atoms with Gasteiger partial charge < -0.3 is 5.32 Å². The topological polar surface area (TPSA) is 66.5 Å². The molecule has 5 nitrogen and oxygen atoms in total. The molecule has 1 amide bonds. The maximum atomic E-state index is 12.9. The number of sulfonamides is 1. The van der Waals surface area contributed by atoms with Crippen LogP contribution in [0, 0.1) is 6.92 Å². The van der Waals surface area contributed by atoms with Gasteiger partial charge in [0, 0.05) is 23.0 Å². The van der Waals surface area contributed by atoms with Crippen molar-refractivity contribution < 1.29 is 13.2 Å². The van der Waals surface area contributed by atoms with E-state index in [2.05, 4.69) is 5.32 Å². The van der Waals surface area contributed by atoms with Crippen LogP contribution in [-0.4, -0.2) is 31.7 Å². The van der Waals surface area contributed by atoms with Crippen LogP contribution in [0.2, 0.25) is 5.02 Å². The van der Waals surface area contributed by atoms with E-state index in [1.165, 1.54) is 15.6 Å². The number of carbonyl (C=O) groups excluding carboxylic acids is 1. The van der Waals surface area contributed by atoms with Crippen LogP contribution in [0.1, 0.15) is 16.5 Å². The van der Waals surface area contributed by atoms with Crippen LogP contribution in [0.3, 0.4) is 0 Å². The third kappa shape index (κ3) is 3.14. The number of amides is 1. The van der Waals surface area contributed by atoms with Crippen molar-refractivity contribution in [3.05, 3.63) is 51.9 Å². The fraction of sp³-hybridized carbons (Fsp3) is 0.267. The number of aryl methyl sites for hydroxylation is 1. The summed E-state index contributed by atoms with van der Waals surface area (Å²) in [6.45, 7) is 2.38. The molecule has 3 rings (SSSR count). The van der Waals surface area contributed by atoms with Gasteiger partial charge in [-0.1, -0.05) is 23.7 Å². The quantitative estimate of drug-likeness (QED) is 0.902. The second-order valence-corrected chi connectivity index (χ2v) is 9.07. The molecule has 0 bridgehead atoms. The van der Waals surface area contributed by atoms with Crippen molar-refractivity contribution in [2.45, 2.75) is 17.2 Å². The van der Waals surface area contributed by atoms with Crippen LogP contribution in [0.4, 0.5) is 0 Å². The highest BCUT2D eigenvalue weighted by Crippen LogP contribution is 2.32. The van der Waals surface area contributed by atoms with Crippen molar-refractivity contribution >= 4 is 38.9 Å². The van der Waals surface area contributed by atoms with E-state index in [-0.39, 0.29) is 16.7 Å². The van der Waals surface area contributed by atoms with Gasteiger partial charge in [0.15, 0.2) is 0 Å². The second-order valence-electron chi connectivity index (χ2n) is 5.23. The lowest BCUT2D eigenvalue weighted by molar-refractivity contribution is -0.126. The summed E-state index contributed by atoms with van der Waals surface area (Å²) < 4.78 is 27.4. The first-order valence-corrected chi connectivity index (χ1v) is 9.64. The Bertz CT molecular complexity index is 831. The van der Waals surface area contributed by atoms with Gasteiger partial charge in [0.1, 0.15) is 10.3 Å². The summed E-state index contributed by atoms with van der Waals surface area (Å²) in [6.07, 6.45) is 0. The number of nitrogens with zero attached hydrogens (tertiary/aromatic N) is 1. The third-order valence-electron chi connectivity index (χ3n) is 3.63. The molecule has 0 spiro atoms. The SMILES string of the molecule is Cc1ccc(S(=O)(=O)N2CCNC(=O)C2c2ccc(Cl)cc2)s1. The molecule has 1 atom stereocenters. The predicted octanol–water partition coefficient (Wildman–Crippen LogP) is 2.57. The molecule has 1 N–H and O–H groups in total. The average Bonchev–Trinajstić information content (AvgIpc) is 2.95. The Morgan fingerprint density at radius 2 is 1.91 bits per heavy atom. The number of nitrogens with one attached hydrogen (secondary N) is 1. The highest BCUT2D eigenvalue weighted by Gasteiger charge is 2.39. The standard InChI is InChI=1S/C15H15ClN2O3S2/c1-10-2-7-13(22-10)23(20,21)18-9-8-17-15(19)14(18)11-3-5-12(16)6-4-11/h2-7,14H,8-9H2,1H3,(H,17,19). The van der Waals surface area contributed by atoms with Gasteiger partial charge in [-0.05, 0) is 36.8 Å². The fourth-order valence-corrected chi connectivity index (χ4v) is 5.65. The third-order valence-corrected chi connectivity index (χ3v) is 7.22. The summed E-state index contributed by atoms with van der Waals surface area (Å²) in [5.41, 5.74) is 0.600. The molecule has 23 heavy (non-hydrogen) atoms. The molecule has 0 radical (unpaired) electrons. The molecule has 2 aromatic rings. The first kappa shape index (κ1) is 16.4. The molecular formula is C15H15ClN2O3S2. The monoisotopic (exact) mass is 370 g/mol. The molecule has 0 saturated carbocycles. The van der Waals surface area contributed by atoms with Crippen LogP contribution in [-0.2, 0) is 14.8 Å². The Balaban J connectivity index is 2.04. The molecule has 1 aliphatic rings. The first-order chi connectivity index (χ1) is 10.9. The molecule has 0 aliphatic carbocycles. The highest BCUT2D eigenvalue weighted by molar-refractivity contribution is 7.91. The molecule has 1 aromatic carbocycles. The molecule has 8 heteroatoms. The van der Waals surface area contributed by atoms with Crippen molar-refractivity contribution in [3.63, 3.8) is 0 Å². The second kappa shape index (κ2) is 6.24. The maximum Gasteiger partial charge on any atom is 0.253 e. The summed E-state index contributed by atoms with van der Waals surface area (Å²) >= 11 is 7.09. The minimum atomic E-state index is -3.72. The van der Waals surface area contributed by atoms with Gasteiger partial charge in [0.25, 0.3) is 10.0 Å². The number of rotatable bonds is 3. The molecule has 2 heterocycles. The maximum absolute atomic E-state index is 12.9. The van der Waals surface area contributed by atoms with Crippen LogP contribution >= 0.6 is 22.9 Å². The van der Waals surface area contributed by atoms with Gasteiger partial charge in [0.05, 0.1) is 0 Å². The van der Waals surface area contributed by atoms with E-state index in [1.807, 2.05) is 6.92 Å². The van der Waals surface area contributed by atoms with Crippen LogP contribution in [0.25, 0.3) is 0 Å². The van der Waals surface area contributed by atoms with Crippen molar-refractivity contribution in [1.82, 2.24) is 9.62 Å². The number of halogens is 1. The number of benzene rings is 1. The molecule has 1 unspecified atom stereocenters. The Hall–Kier alpha value is -1.41. The first-order valence-electron chi connectivity index (χ1n) is 7.01. The van der Waals surface area contributed by atoms with Gasteiger partial charge in [-0.2, -0.15) is 4.31 Å². The zero-order valence-corrected chi connectivity index (χ0v) is 14.7. The fourth-order valence-electron chi connectivity index (χ4n) is 2.53.